The van der Waals surface area contributed by atoms with Crippen LogP contribution in [0.2, 0.25) is 0 Å². The summed E-state index contributed by atoms with van der Waals surface area (Å²) in [6, 6.07) is 22.7. The van der Waals surface area contributed by atoms with Crippen LogP contribution in [0.1, 0.15) is 11.1 Å². The molecule has 0 saturated heterocycles. The zero-order chi connectivity index (χ0) is 17.8. The second kappa shape index (κ2) is 5.55. The van der Waals surface area contributed by atoms with Gasteiger partial charge in [0.1, 0.15) is 0 Å². The first-order valence-corrected chi connectivity index (χ1v) is 9.49. The predicted molar refractivity (Wildman–Crippen MR) is 111 cm³/mol. The van der Waals surface area contributed by atoms with Crippen LogP contribution in [0.3, 0.4) is 0 Å². The Bertz CT molecular complexity index is 1330. The third-order valence-corrected chi connectivity index (χ3v) is 6.08. The molecule has 126 valence electrons. The first-order valence-electron chi connectivity index (χ1n) is 8.67. The maximum atomic E-state index is 13.2. The van der Waals surface area contributed by atoms with E-state index in [1.54, 1.807) is 11.3 Å². The average molecular weight is 355 g/mol. The Hall–Kier alpha value is -2.91. The van der Waals surface area contributed by atoms with Crippen molar-refractivity contribution in [3.05, 3.63) is 88.2 Å². The van der Waals surface area contributed by atoms with E-state index >= 15 is 0 Å². The molecule has 0 radical (unpaired) electrons. The third-order valence-electron chi connectivity index (χ3n) is 4.90. The van der Waals surface area contributed by atoms with Gasteiger partial charge >= 0.3 is 0 Å². The summed E-state index contributed by atoms with van der Waals surface area (Å²) in [6.45, 7) is 4.19. The van der Waals surface area contributed by atoms with E-state index in [2.05, 4.69) is 62.4 Å². The second-order valence-corrected chi connectivity index (χ2v) is 7.86. The molecule has 2 aliphatic heterocycles. The highest BCUT2D eigenvalue weighted by molar-refractivity contribution is 7.22. The van der Waals surface area contributed by atoms with Crippen molar-refractivity contribution in [1.29, 1.82) is 0 Å². The van der Waals surface area contributed by atoms with Gasteiger partial charge in [-0.05, 0) is 43.2 Å². The average Bonchev–Trinajstić information content (AvgIpc) is 2.94. The molecule has 0 amide bonds. The van der Waals surface area contributed by atoms with E-state index in [4.69, 9.17) is 0 Å². The minimum atomic E-state index is 0.0613. The van der Waals surface area contributed by atoms with Crippen LogP contribution in [0.4, 0.5) is 0 Å². The molecule has 26 heavy (non-hydrogen) atoms. The smallest absolute Gasteiger partial charge is 0.263 e. The van der Waals surface area contributed by atoms with Crippen LogP contribution in [0, 0.1) is 13.8 Å². The summed E-state index contributed by atoms with van der Waals surface area (Å²) in [7, 11) is 0. The lowest BCUT2D eigenvalue weighted by Gasteiger charge is -2.15. The molecule has 0 saturated carbocycles. The van der Waals surface area contributed by atoms with Gasteiger partial charge in [0.25, 0.3) is 5.56 Å². The first kappa shape index (κ1) is 15.4. The molecule has 0 fully saturated rings. The Morgan fingerprint density at radius 3 is 2.38 bits per heavy atom. The van der Waals surface area contributed by atoms with Gasteiger partial charge in [-0.3, -0.25) is 9.36 Å². The Kier molecular flexibility index (Phi) is 3.28. The monoisotopic (exact) mass is 355 g/mol. The number of benzene rings is 3. The van der Waals surface area contributed by atoms with E-state index in [0.717, 1.165) is 37.1 Å². The van der Waals surface area contributed by atoms with Gasteiger partial charge in [0, 0.05) is 10.8 Å². The minimum absolute atomic E-state index is 0.0613. The van der Waals surface area contributed by atoms with Crippen molar-refractivity contribution in [3.8, 4) is 16.1 Å². The third kappa shape index (κ3) is 2.14. The van der Waals surface area contributed by atoms with Gasteiger partial charge in [0.05, 0.1) is 20.8 Å². The number of aromatic nitrogens is 1. The zero-order valence-electron chi connectivity index (χ0n) is 14.6. The number of hydrogen-bond donors (Lipinski definition) is 0. The lowest BCUT2D eigenvalue weighted by Crippen LogP contribution is -2.13. The molecule has 3 aromatic carbocycles. The number of aryl methyl sites for hydroxylation is 2. The molecule has 0 aromatic heterocycles. The molecule has 2 nitrogen and oxygen atoms in total. The molecule has 2 aliphatic rings. The summed E-state index contributed by atoms with van der Waals surface area (Å²) in [6.07, 6.45) is 0. The van der Waals surface area contributed by atoms with Gasteiger partial charge in [0.2, 0.25) is 0 Å². The molecule has 0 bridgehead atoms. The van der Waals surface area contributed by atoms with E-state index in [1.165, 1.54) is 11.1 Å². The van der Waals surface area contributed by atoms with Crippen LogP contribution in [-0.4, -0.2) is 4.57 Å². The molecule has 0 atom stereocenters. The van der Waals surface area contributed by atoms with Crippen molar-refractivity contribution in [1.82, 2.24) is 4.57 Å². The maximum Gasteiger partial charge on any atom is 0.263 e. The summed E-state index contributed by atoms with van der Waals surface area (Å²) in [5.74, 6) is 0. The lowest BCUT2D eigenvalue weighted by atomic mass is 10.1. The maximum absolute atomic E-state index is 13.2. The molecule has 5 rings (SSSR count). The molecule has 0 aliphatic carbocycles. The highest BCUT2D eigenvalue weighted by atomic mass is 32.1. The van der Waals surface area contributed by atoms with Crippen LogP contribution in [-0.2, 0) is 0 Å². The highest BCUT2D eigenvalue weighted by Crippen LogP contribution is 2.41. The van der Waals surface area contributed by atoms with Crippen molar-refractivity contribution in [2.24, 2.45) is 0 Å². The van der Waals surface area contributed by atoms with E-state index in [-0.39, 0.29) is 5.56 Å². The summed E-state index contributed by atoms with van der Waals surface area (Å²) < 4.78 is 3.03. The van der Waals surface area contributed by atoms with Gasteiger partial charge in [-0.15, -0.1) is 11.3 Å². The molecule has 0 spiro atoms. The van der Waals surface area contributed by atoms with Gasteiger partial charge in [-0.25, -0.2) is 0 Å². The Morgan fingerprint density at radius 1 is 0.808 bits per heavy atom. The van der Waals surface area contributed by atoms with Crippen molar-refractivity contribution in [2.45, 2.75) is 13.8 Å². The van der Waals surface area contributed by atoms with Crippen LogP contribution < -0.4 is 5.56 Å². The summed E-state index contributed by atoms with van der Waals surface area (Å²) in [5, 5.41) is 1.80. The Balaban J connectivity index is 2.06. The molecule has 3 heteroatoms. The number of rotatable bonds is 1. The van der Waals surface area contributed by atoms with Crippen LogP contribution in [0.15, 0.2) is 71.5 Å². The molecular formula is C23H17NOS. The number of nitrogens with zero attached hydrogens (tertiary/aromatic N) is 1. The summed E-state index contributed by atoms with van der Waals surface area (Å²) >= 11 is 1.76. The first-order chi connectivity index (χ1) is 12.6. The van der Waals surface area contributed by atoms with Gasteiger partial charge in [-0.2, -0.15) is 0 Å². The largest absolute Gasteiger partial charge is 0.273 e. The fourth-order valence-electron chi connectivity index (χ4n) is 3.70. The minimum Gasteiger partial charge on any atom is -0.273 e. The Labute approximate surface area is 155 Å². The van der Waals surface area contributed by atoms with Crippen molar-refractivity contribution < 1.29 is 0 Å². The SMILES string of the molecule is Cc1cccc(-c2sc3cc(C)ccc3n3c(=O)c4ccccc4c2-3)c1. The van der Waals surface area contributed by atoms with E-state index in [0.29, 0.717) is 0 Å². The molecule has 3 aromatic rings. The fourth-order valence-corrected chi connectivity index (χ4v) is 4.97. The standard InChI is InChI=1S/C23H17NOS/c1-14-6-5-7-16(12-14)22-21-17-8-3-4-9-18(17)23(25)24(21)19-11-10-15(2)13-20(19)26-22/h3-13H,1-2H3. The van der Waals surface area contributed by atoms with Crippen molar-refractivity contribution in [3.63, 3.8) is 0 Å². The van der Waals surface area contributed by atoms with Gasteiger partial charge in [0.15, 0.2) is 0 Å². The van der Waals surface area contributed by atoms with Crippen LogP contribution in [0.5, 0.6) is 0 Å². The molecule has 2 heterocycles. The van der Waals surface area contributed by atoms with Crippen LogP contribution >= 0.6 is 11.3 Å². The number of fused-ring (bicyclic) bond motifs is 5. The Morgan fingerprint density at radius 2 is 1.58 bits per heavy atom. The van der Waals surface area contributed by atoms with Gasteiger partial charge < -0.3 is 0 Å². The van der Waals surface area contributed by atoms with E-state index in [9.17, 15) is 4.79 Å². The second-order valence-electron chi connectivity index (χ2n) is 6.81. The van der Waals surface area contributed by atoms with Crippen molar-refractivity contribution >= 4 is 32.3 Å². The van der Waals surface area contributed by atoms with Gasteiger partial charge in [-0.1, -0.05) is 54.1 Å². The summed E-state index contributed by atoms with van der Waals surface area (Å²) in [5.41, 5.74) is 5.63. The number of hydrogen-bond acceptors (Lipinski definition) is 2. The lowest BCUT2D eigenvalue weighted by molar-refractivity contribution is 1.10. The quantitative estimate of drug-likeness (QED) is 0.365. The van der Waals surface area contributed by atoms with Crippen LogP contribution in [0.25, 0.3) is 37.1 Å². The highest BCUT2D eigenvalue weighted by Gasteiger charge is 2.22. The molecule has 0 unspecified atom stereocenters. The van der Waals surface area contributed by atoms with Crippen molar-refractivity contribution in [2.75, 3.05) is 0 Å². The normalized spacial score (nSPS) is 11.6. The molecular weight excluding hydrogens is 338 g/mol. The topological polar surface area (TPSA) is 22.0 Å². The molecule has 0 N–H and O–H groups in total. The van der Waals surface area contributed by atoms with E-state index < -0.39 is 0 Å². The predicted octanol–water partition coefficient (Wildman–Crippen LogP) is 5.93. The fraction of sp³-hybridized carbons (Fsp3) is 0.0870. The summed E-state index contributed by atoms with van der Waals surface area (Å²) in [4.78, 5) is 14.3. The van der Waals surface area contributed by atoms with E-state index in [1.807, 2.05) is 22.8 Å². The zero-order valence-corrected chi connectivity index (χ0v) is 15.4.